The summed E-state index contributed by atoms with van der Waals surface area (Å²) in [4.78, 5) is 21.1. The monoisotopic (exact) mass is 788 g/mol. The number of rotatable bonds is 6. The van der Waals surface area contributed by atoms with Crippen molar-refractivity contribution >= 4 is 54.1 Å². The molecule has 0 unspecified atom stereocenters. The van der Waals surface area contributed by atoms with Gasteiger partial charge in [-0.1, -0.05) is 176 Å². The summed E-state index contributed by atoms with van der Waals surface area (Å²) in [5, 5.41) is 9.02. The minimum atomic E-state index is 0.677. The van der Waals surface area contributed by atoms with Crippen molar-refractivity contribution in [3.8, 4) is 67.5 Å². The smallest absolute Gasteiger partial charge is 0.161 e. The van der Waals surface area contributed by atoms with Crippen molar-refractivity contribution in [3.63, 3.8) is 0 Å². The summed E-state index contributed by atoms with van der Waals surface area (Å²) in [6.45, 7) is 0. The number of aromatic nitrogens is 4. The molecule has 62 heavy (non-hydrogen) atoms. The van der Waals surface area contributed by atoms with E-state index in [4.69, 9.17) is 19.9 Å². The molecule has 0 spiro atoms. The highest BCUT2D eigenvalue weighted by Gasteiger charge is 2.19. The van der Waals surface area contributed by atoms with Gasteiger partial charge in [-0.15, -0.1) is 0 Å². The average molecular weight is 789 g/mol. The van der Waals surface area contributed by atoms with E-state index in [0.717, 1.165) is 82.9 Å². The van der Waals surface area contributed by atoms with Crippen LogP contribution in [-0.2, 0) is 0 Å². The summed E-state index contributed by atoms with van der Waals surface area (Å²) in [5.41, 5.74) is 12.2. The fraction of sp³-hybridized carbons (Fsp3) is 0. The van der Waals surface area contributed by atoms with Gasteiger partial charge in [-0.25, -0.2) is 19.9 Å². The highest BCUT2D eigenvalue weighted by Crippen LogP contribution is 2.40. The van der Waals surface area contributed by atoms with Crippen LogP contribution in [0.3, 0.4) is 0 Å². The molecule has 0 N–H and O–H groups in total. The molecular weight excluding hydrogens is 753 g/mol. The first-order chi connectivity index (χ1) is 30.7. The molecule has 2 heterocycles. The maximum atomic E-state index is 5.40. The topological polar surface area (TPSA) is 51.6 Å². The van der Waals surface area contributed by atoms with Crippen LogP contribution < -0.4 is 0 Å². The van der Waals surface area contributed by atoms with E-state index in [0.29, 0.717) is 11.6 Å². The number of fused-ring (bicyclic) bond motifs is 5. The fourth-order valence-corrected chi connectivity index (χ4v) is 8.95. The fourth-order valence-electron chi connectivity index (χ4n) is 8.95. The zero-order chi connectivity index (χ0) is 41.0. The molecule has 288 valence electrons. The van der Waals surface area contributed by atoms with Crippen molar-refractivity contribution in [2.75, 3.05) is 0 Å². The Bertz CT molecular complexity index is 3720. The Kier molecular flexibility index (Phi) is 8.46. The van der Waals surface area contributed by atoms with Crippen LogP contribution in [0.5, 0.6) is 0 Å². The van der Waals surface area contributed by atoms with Gasteiger partial charge in [-0.3, -0.25) is 0 Å². The van der Waals surface area contributed by atoms with E-state index < -0.39 is 0 Å². The molecule has 0 fully saturated rings. The summed E-state index contributed by atoms with van der Waals surface area (Å²) in [7, 11) is 0. The van der Waals surface area contributed by atoms with Gasteiger partial charge in [-0.05, 0) is 97.0 Å². The van der Waals surface area contributed by atoms with Crippen molar-refractivity contribution in [1.82, 2.24) is 19.9 Å². The van der Waals surface area contributed by atoms with E-state index >= 15 is 0 Å². The van der Waals surface area contributed by atoms with Crippen LogP contribution in [0.25, 0.3) is 122 Å². The van der Waals surface area contributed by atoms with Gasteiger partial charge < -0.3 is 0 Å². The maximum absolute atomic E-state index is 5.40. The molecule has 0 radical (unpaired) electrons. The first-order valence-corrected chi connectivity index (χ1v) is 21.0. The highest BCUT2D eigenvalue weighted by molar-refractivity contribution is 6.08. The van der Waals surface area contributed by atoms with Gasteiger partial charge in [0.1, 0.15) is 0 Å². The molecule has 0 aliphatic rings. The van der Waals surface area contributed by atoms with Gasteiger partial charge in [0.2, 0.25) is 0 Å². The molecule has 0 aliphatic heterocycles. The second-order valence-corrected chi connectivity index (χ2v) is 15.8. The molecule has 10 aromatic carbocycles. The predicted octanol–water partition coefficient (Wildman–Crippen LogP) is 15.0. The van der Waals surface area contributed by atoms with E-state index in [-0.39, 0.29) is 0 Å². The average Bonchev–Trinajstić information content (AvgIpc) is 3.35. The summed E-state index contributed by atoms with van der Waals surface area (Å²) < 4.78 is 0. The van der Waals surface area contributed by atoms with Crippen molar-refractivity contribution in [1.29, 1.82) is 0 Å². The second-order valence-electron chi connectivity index (χ2n) is 15.8. The standard InChI is InChI=1S/C58H36N4/c1-3-15-39-33-43(29-27-37(39)13-1)41-17-11-19-45(35-41)55-51-23-7-9-25-53(51)60-58(61-55)50-32-31-49(47-21-5-6-22-48(47)50)56-52-24-8-10-26-54(52)59-57(62-56)46-20-12-18-42(36-46)44-30-28-38-14-2-4-16-40(38)34-44/h1-36H. The molecule has 0 aliphatic carbocycles. The number of nitrogens with zero attached hydrogens (tertiary/aromatic N) is 4. The first kappa shape index (κ1) is 35.6. The van der Waals surface area contributed by atoms with E-state index in [1.807, 2.05) is 12.1 Å². The summed E-state index contributed by atoms with van der Waals surface area (Å²) >= 11 is 0. The van der Waals surface area contributed by atoms with E-state index in [9.17, 15) is 0 Å². The van der Waals surface area contributed by atoms with Gasteiger partial charge in [-0.2, -0.15) is 0 Å². The van der Waals surface area contributed by atoms with Crippen molar-refractivity contribution < 1.29 is 0 Å². The zero-order valence-corrected chi connectivity index (χ0v) is 33.6. The minimum Gasteiger partial charge on any atom is -0.228 e. The lowest BCUT2D eigenvalue weighted by Gasteiger charge is -2.15. The molecule has 12 aromatic rings. The van der Waals surface area contributed by atoms with Crippen LogP contribution in [-0.4, -0.2) is 19.9 Å². The van der Waals surface area contributed by atoms with Gasteiger partial charge >= 0.3 is 0 Å². The van der Waals surface area contributed by atoms with E-state index in [2.05, 4.69) is 206 Å². The highest BCUT2D eigenvalue weighted by atomic mass is 14.9. The lowest BCUT2D eigenvalue weighted by Crippen LogP contribution is -1.98. The van der Waals surface area contributed by atoms with Crippen molar-refractivity contribution in [2.45, 2.75) is 0 Å². The molecule has 0 bridgehead atoms. The molecule has 0 amide bonds. The molecule has 12 rings (SSSR count). The number of benzene rings is 10. The first-order valence-electron chi connectivity index (χ1n) is 21.0. The third-order valence-electron chi connectivity index (χ3n) is 12.0. The molecule has 0 atom stereocenters. The molecule has 0 saturated heterocycles. The maximum Gasteiger partial charge on any atom is 0.161 e. The number of hydrogen-bond donors (Lipinski definition) is 0. The second kappa shape index (κ2) is 14.7. The van der Waals surface area contributed by atoms with Gasteiger partial charge in [0.25, 0.3) is 0 Å². The third-order valence-corrected chi connectivity index (χ3v) is 12.0. The van der Waals surface area contributed by atoms with Crippen LogP contribution in [0, 0.1) is 0 Å². The predicted molar refractivity (Wildman–Crippen MR) is 258 cm³/mol. The Morgan fingerprint density at radius 3 is 1.31 bits per heavy atom. The zero-order valence-electron chi connectivity index (χ0n) is 33.6. The Hall–Kier alpha value is -8.34. The molecule has 2 aromatic heterocycles. The van der Waals surface area contributed by atoms with Gasteiger partial charge in [0.15, 0.2) is 11.6 Å². The van der Waals surface area contributed by atoms with Crippen LogP contribution >= 0.6 is 0 Å². The number of hydrogen-bond acceptors (Lipinski definition) is 4. The molecule has 4 heteroatoms. The quantitative estimate of drug-likeness (QED) is 0.168. The Balaban J connectivity index is 0.986. The van der Waals surface area contributed by atoms with E-state index in [1.54, 1.807) is 0 Å². The van der Waals surface area contributed by atoms with Crippen LogP contribution in [0.15, 0.2) is 218 Å². The van der Waals surface area contributed by atoms with Crippen LogP contribution in [0.1, 0.15) is 0 Å². The van der Waals surface area contributed by atoms with Crippen molar-refractivity contribution in [3.05, 3.63) is 218 Å². The summed E-state index contributed by atoms with van der Waals surface area (Å²) in [6, 6.07) is 77.0. The molecular formula is C58H36N4. The van der Waals surface area contributed by atoms with Crippen LogP contribution in [0.4, 0.5) is 0 Å². The number of para-hydroxylation sites is 2. The molecule has 4 nitrogen and oxygen atoms in total. The minimum absolute atomic E-state index is 0.677. The normalized spacial score (nSPS) is 11.5. The largest absolute Gasteiger partial charge is 0.228 e. The van der Waals surface area contributed by atoms with Gasteiger partial charge in [0.05, 0.1) is 22.4 Å². The summed E-state index contributed by atoms with van der Waals surface area (Å²) in [6.07, 6.45) is 0. The van der Waals surface area contributed by atoms with Crippen LogP contribution in [0.2, 0.25) is 0 Å². The van der Waals surface area contributed by atoms with Gasteiger partial charge in [0, 0.05) is 33.0 Å². The summed E-state index contributed by atoms with van der Waals surface area (Å²) in [5.74, 6) is 1.36. The lowest BCUT2D eigenvalue weighted by atomic mass is 9.94. The Morgan fingerprint density at radius 1 is 0.226 bits per heavy atom. The lowest BCUT2D eigenvalue weighted by molar-refractivity contribution is 1.23. The Labute approximate surface area is 358 Å². The van der Waals surface area contributed by atoms with E-state index in [1.165, 1.54) is 27.1 Å². The molecule has 0 saturated carbocycles. The Morgan fingerprint density at radius 2 is 0.661 bits per heavy atom. The third kappa shape index (κ3) is 6.25. The van der Waals surface area contributed by atoms with Crippen molar-refractivity contribution in [2.24, 2.45) is 0 Å². The SMILES string of the molecule is c1cc(-c2ccc3ccccc3c2)cc(-c2nc(-c3ccc(-c4nc(-c5cccc(-c6ccc7ccccc7c6)c5)c5ccccc5n4)c4ccccc34)c3ccccc3n2)c1.